The molecule has 13 heteroatoms. The molecule has 0 saturated heterocycles. The van der Waals surface area contributed by atoms with Crippen LogP contribution in [0.25, 0.3) is 0 Å². The molecule has 0 heterocycles. The number of rotatable bonds is 0. The molecule has 0 radical (unpaired) electrons. The molecule has 0 fully saturated rings. The molecule has 0 aromatic rings. The van der Waals surface area contributed by atoms with E-state index in [1.165, 1.54) is 0 Å². The zero-order valence-corrected chi connectivity index (χ0v) is 12.7. The van der Waals surface area contributed by atoms with E-state index in [1.54, 1.807) is 0 Å². The molecule has 0 unspecified atom stereocenters. The van der Waals surface area contributed by atoms with Crippen LogP contribution in [-0.2, 0) is 14.4 Å². The summed E-state index contributed by atoms with van der Waals surface area (Å²) in [5.74, 6) is -2.50. The van der Waals surface area contributed by atoms with Gasteiger partial charge in [-0.05, 0) is 0 Å². The Balaban J connectivity index is -0.00000000675. The SMILES string of the molecule is CC(=O)O.CC(=O)O.CC(=O)O.O.O.O.O.O.O.[Gd]. The number of carboxylic acids is 3. The van der Waals surface area contributed by atoms with Crippen molar-refractivity contribution in [1.82, 2.24) is 0 Å². The third-order valence-electron chi connectivity index (χ3n) is 0. The van der Waals surface area contributed by atoms with E-state index in [9.17, 15) is 0 Å². The molecular weight excluding hydrogens is 421 g/mol. The predicted molar refractivity (Wildman–Crippen MR) is 61.6 cm³/mol. The molecule has 0 saturated carbocycles. The van der Waals surface area contributed by atoms with Crippen LogP contribution in [0.2, 0.25) is 0 Å². The molecule has 12 nitrogen and oxygen atoms in total. The van der Waals surface area contributed by atoms with Crippen molar-refractivity contribution in [2.75, 3.05) is 0 Å². The van der Waals surface area contributed by atoms with Crippen LogP contribution in [0, 0.1) is 39.9 Å². The van der Waals surface area contributed by atoms with Gasteiger partial charge in [0.2, 0.25) is 0 Å². The standard InChI is InChI=1S/3C2H4O2.Gd.6H2O/c3*1-2(3)4;;;;;;;/h3*1H3,(H,3,4);;6*1H2. The Kier molecular flexibility index (Phi) is 272. The fourth-order valence-corrected chi connectivity index (χ4v) is 0. The monoisotopic (exact) mass is 446 g/mol. The molecule has 15 N–H and O–H groups in total. The summed E-state index contributed by atoms with van der Waals surface area (Å²) in [4.78, 5) is 27.0. The molecule has 128 valence electrons. The number of carbonyl (C=O) groups is 3. The zero-order chi connectivity index (χ0) is 10.7. The maximum absolute atomic E-state index is 9.00. The number of hydrogen-bond donors (Lipinski definition) is 3. The first-order valence-corrected chi connectivity index (χ1v) is 2.78. The maximum atomic E-state index is 9.00. The van der Waals surface area contributed by atoms with Crippen molar-refractivity contribution in [2.24, 2.45) is 0 Å². The second-order valence-corrected chi connectivity index (χ2v) is 1.56. The van der Waals surface area contributed by atoms with E-state index in [0.29, 0.717) is 0 Å². The molecule has 0 aliphatic carbocycles. The van der Waals surface area contributed by atoms with E-state index in [0.717, 1.165) is 20.8 Å². The zero-order valence-electron chi connectivity index (χ0n) is 10.4. The van der Waals surface area contributed by atoms with Gasteiger partial charge in [0.1, 0.15) is 0 Å². The van der Waals surface area contributed by atoms with Gasteiger partial charge in [-0.3, -0.25) is 14.4 Å². The van der Waals surface area contributed by atoms with Crippen molar-refractivity contribution in [1.29, 1.82) is 0 Å². The maximum Gasteiger partial charge on any atom is 0.300 e. The van der Waals surface area contributed by atoms with Gasteiger partial charge in [-0.15, -0.1) is 0 Å². The normalized spacial score (nSPS) is 3.95. The van der Waals surface area contributed by atoms with Crippen molar-refractivity contribution < 1.29 is 103 Å². The molecule has 0 aliphatic rings. The summed E-state index contributed by atoms with van der Waals surface area (Å²) in [6.07, 6.45) is 0. The summed E-state index contributed by atoms with van der Waals surface area (Å²) in [5.41, 5.74) is 0. The second-order valence-electron chi connectivity index (χ2n) is 1.56. The van der Waals surface area contributed by atoms with Crippen molar-refractivity contribution in [3.05, 3.63) is 0 Å². The van der Waals surface area contributed by atoms with Crippen molar-refractivity contribution in [2.45, 2.75) is 20.8 Å². The van der Waals surface area contributed by atoms with Gasteiger partial charge in [0.25, 0.3) is 17.9 Å². The van der Waals surface area contributed by atoms with Gasteiger partial charge in [0, 0.05) is 60.7 Å². The molecule has 0 aliphatic heterocycles. The van der Waals surface area contributed by atoms with E-state index >= 15 is 0 Å². The van der Waals surface area contributed by atoms with E-state index < -0.39 is 17.9 Å². The van der Waals surface area contributed by atoms with Crippen LogP contribution in [0.5, 0.6) is 0 Å². The van der Waals surface area contributed by atoms with Crippen LogP contribution < -0.4 is 0 Å². The topological polar surface area (TPSA) is 301 Å². The molecule has 0 atom stereocenters. The number of carboxylic acid groups (broad SMARTS) is 3. The Hall–Kier alpha value is -0.505. The number of hydrogen-bond acceptors (Lipinski definition) is 3. The Morgan fingerprint density at radius 3 is 0.526 bits per heavy atom. The first-order chi connectivity index (χ1) is 5.20. The van der Waals surface area contributed by atoms with Gasteiger partial charge < -0.3 is 48.2 Å². The average Bonchev–Trinajstić information content (AvgIpc) is 1.54. The van der Waals surface area contributed by atoms with Crippen molar-refractivity contribution in [3.8, 4) is 0 Å². The fourth-order valence-electron chi connectivity index (χ4n) is 0. The number of aliphatic carboxylic acids is 3. The predicted octanol–water partition coefficient (Wildman–Crippen LogP) is -4.68. The minimum absolute atomic E-state index is 0. The van der Waals surface area contributed by atoms with E-state index in [-0.39, 0.29) is 72.8 Å². The van der Waals surface area contributed by atoms with Crippen LogP contribution in [-0.4, -0.2) is 66.1 Å². The van der Waals surface area contributed by atoms with Crippen LogP contribution >= 0.6 is 0 Å². The molecule has 0 bridgehead atoms. The molecule has 0 aromatic heterocycles. The second kappa shape index (κ2) is 66.0. The van der Waals surface area contributed by atoms with E-state index in [4.69, 9.17) is 29.7 Å². The van der Waals surface area contributed by atoms with Crippen LogP contribution in [0.1, 0.15) is 20.8 Å². The van der Waals surface area contributed by atoms with Gasteiger partial charge in [-0.1, -0.05) is 0 Å². The fraction of sp³-hybridized carbons (Fsp3) is 0.500. The van der Waals surface area contributed by atoms with Crippen LogP contribution in [0.3, 0.4) is 0 Å². The average molecular weight is 445 g/mol. The molecular formula is C6H24GdO12. The van der Waals surface area contributed by atoms with E-state index in [1.807, 2.05) is 0 Å². The Labute approximate surface area is 141 Å². The smallest absolute Gasteiger partial charge is 0.300 e. The summed E-state index contributed by atoms with van der Waals surface area (Å²) < 4.78 is 0. The molecule has 0 amide bonds. The quantitative estimate of drug-likeness (QED) is 0.328. The molecule has 0 rings (SSSR count). The van der Waals surface area contributed by atoms with Crippen LogP contribution in [0.15, 0.2) is 0 Å². The molecule has 0 spiro atoms. The molecule has 0 aromatic carbocycles. The Bertz CT molecular complexity index is 120. The minimum Gasteiger partial charge on any atom is -0.481 e. The summed E-state index contributed by atoms with van der Waals surface area (Å²) in [6, 6.07) is 0. The van der Waals surface area contributed by atoms with Gasteiger partial charge >= 0.3 is 0 Å². The van der Waals surface area contributed by atoms with Gasteiger partial charge in [-0.2, -0.15) is 0 Å². The molecule has 19 heavy (non-hydrogen) atoms. The van der Waals surface area contributed by atoms with Gasteiger partial charge in [-0.25, -0.2) is 0 Å². The first-order valence-electron chi connectivity index (χ1n) is 2.78. The van der Waals surface area contributed by atoms with E-state index in [2.05, 4.69) is 0 Å². The Morgan fingerprint density at radius 1 is 0.526 bits per heavy atom. The van der Waals surface area contributed by atoms with Gasteiger partial charge in [0.15, 0.2) is 0 Å². The summed E-state index contributed by atoms with van der Waals surface area (Å²) in [5, 5.41) is 22.2. The van der Waals surface area contributed by atoms with Crippen molar-refractivity contribution in [3.63, 3.8) is 0 Å². The Morgan fingerprint density at radius 2 is 0.526 bits per heavy atom. The summed E-state index contributed by atoms with van der Waals surface area (Å²) in [6.45, 7) is 3.25. The van der Waals surface area contributed by atoms with Gasteiger partial charge in [0.05, 0.1) is 0 Å². The first kappa shape index (κ1) is 78.4. The minimum atomic E-state index is -0.833. The summed E-state index contributed by atoms with van der Waals surface area (Å²) in [7, 11) is 0. The van der Waals surface area contributed by atoms with Crippen molar-refractivity contribution >= 4 is 17.9 Å². The summed E-state index contributed by atoms with van der Waals surface area (Å²) >= 11 is 0. The largest absolute Gasteiger partial charge is 0.481 e. The third kappa shape index (κ3) is 16400. The van der Waals surface area contributed by atoms with Crippen LogP contribution in [0.4, 0.5) is 0 Å². The third-order valence-corrected chi connectivity index (χ3v) is 0.